The Hall–Kier alpha value is 0.0300. The first kappa shape index (κ1) is 11.1. The predicted octanol–water partition coefficient (Wildman–Crippen LogP) is 1.63. The standard InChI is InChI=1S/C8H9Br2NO2/c9-2-7(12)8(13)5-1-6(10)4-11-3-5/h1,3-4,7-8,12-13H,2H2. The summed E-state index contributed by atoms with van der Waals surface area (Å²) in [5, 5.41) is 19.2. The quantitative estimate of drug-likeness (QED) is 0.835. The van der Waals surface area contributed by atoms with Gasteiger partial charge in [-0.2, -0.15) is 0 Å². The van der Waals surface area contributed by atoms with E-state index in [-0.39, 0.29) is 0 Å². The average Bonchev–Trinajstić information content (AvgIpc) is 2.15. The number of hydrogen-bond donors (Lipinski definition) is 2. The molecule has 0 saturated heterocycles. The molecule has 1 rings (SSSR count). The van der Waals surface area contributed by atoms with Gasteiger partial charge in [0.1, 0.15) is 6.10 Å². The monoisotopic (exact) mass is 309 g/mol. The molecule has 5 heteroatoms. The highest BCUT2D eigenvalue weighted by Crippen LogP contribution is 2.20. The first-order chi connectivity index (χ1) is 6.15. The number of aliphatic hydroxyl groups excluding tert-OH is 2. The predicted molar refractivity (Wildman–Crippen MR) is 56.7 cm³/mol. The molecule has 13 heavy (non-hydrogen) atoms. The molecule has 72 valence electrons. The molecule has 2 unspecified atom stereocenters. The van der Waals surface area contributed by atoms with Gasteiger partial charge in [-0.25, -0.2) is 0 Å². The Labute approximate surface area is 93.1 Å². The third-order valence-electron chi connectivity index (χ3n) is 1.59. The molecule has 0 bridgehead atoms. The summed E-state index contributed by atoms with van der Waals surface area (Å²) in [5.41, 5.74) is 0.598. The summed E-state index contributed by atoms with van der Waals surface area (Å²) in [6, 6.07) is 1.73. The van der Waals surface area contributed by atoms with Crippen LogP contribution in [-0.2, 0) is 0 Å². The van der Waals surface area contributed by atoms with E-state index >= 15 is 0 Å². The molecule has 1 heterocycles. The number of rotatable bonds is 3. The molecule has 1 aromatic heterocycles. The lowest BCUT2D eigenvalue weighted by molar-refractivity contribution is 0.0340. The van der Waals surface area contributed by atoms with Gasteiger partial charge < -0.3 is 10.2 Å². The third kappa shape index (κ3) is 3.02. The average molecular weight is 311 g/mol. The van der Waals surface area contributed by atoms with Crippen molar-refractivity contribution in [1.29, 1.82) is 0 Å². The Bertz CT molecular complexity index is 283. The number of aromatic nitrogens is 1. The van der Waals surface area contributed by atoms with Crippen LogP contribution in [0.2, 0.25) is 0 Å². The van der Waals surface area contributed by atoms with Crippen molar-refractivity contribution in [2.45, 2.75) is 12.2 Å². The molecule has 0 aliphatic carbocycles. The fourth-order valence-corrected chi connectivity index (χ4v) is 1.63. The number of pyridine rings is 1. The number of hydrogen-bond acceptors (Lipinski definition) is 3. The lowest BCUT2D eigenvalue weighted by atomic mass is 10.1. The summed E-state index contributed by atoms with van der Waals surface area (Å²) in [6.07, 6.45) is 1.44. The molecule has 0 aliphatic heterocycles. The number of halogens is 2. The lowest BCUT2D eigenvalue weighted by Gasteiger charge is -2.15. The zero-order valence-electron chi connectivity index (χ0n) is 6.69. The topological polar surface area (TPSA) is 53.4 Å². The highest BCUT2D eigenvalue weighted by Gasteiger charge is 2.17. The van der Waals surface area contributed by atoms with E-state index in [1.165, 1.54) is 6.20 Å². The van der Waals surface area contributed by atoms with E-state index in [1.807, 2.05) is 0 Å². The molecule has 3 nitrogen and oxygen atoms in total. The molecule has 2 N–H and O–H groups in total. The van der Waals surface area contributed by atoms with Crippen LogP contribution < -0.4 is 0 Å². The van der Waals surface area contributed by atoms with Crippen molar-refractivity contribution in [2.75, 3.05) is 5.33 Å². The van der Waals surface area contributed by atoms with Crippen molar-refractivity contribution in [3.8, 4) is 0 Å². The van der Waals surface area contributed by atoms with Gasteiger partial charge in [0.05, 0.1) is 6.10 Å². The lowest BCUT2D eigenvalue weighted by Crippen LogP contribution is -2.19. The fourth-order valence-electron chi connectivity index (χ4n) is 0.897. The maximum Gasteiger partial charge on any atom is 0.107 e. The molecule has 0 radical (unpaired) electrons. The van der Waals surface area contributed by atoms with E-state index in [0.717, 1.165) is 4.47 Å². The van der Waals surface area contributed by atoms with Crippen molar-refractivity contribution < 1.29 is 10.2 Å². The summed E-state index contributed by atoms with van der Waals surface area (Å²) < 4.78 is 0.783. The van der Waals surface area contributed by atoms with Crippen LogP contribution in [0.1, 0.15) is 11.7 Å². The summed E-state index contributed by atoms with van der Waals surface area (Å²) >= 11 is 6.32. The van der Waals surface area contributed by atoms with Crippen LogP contribution in [0.3, 0.4) is 0 Å². The van der Waals surface area contributed by atoms with Crippen molar-refractivity contribution in [3.63, 3.8) is 0 Å². The smallest absolute Gasteiger partial charge is 0.107 e. The normalized spacial score (nSPS) is 15.4. The van der Waals surface area contributed by atoms with Crippen molar-refractivity contribution in [1.82, 2.24) is 4.98 Å². The van der Waals surface area contributed by atoms with Gasteiger partial charge in [-0.3, -0.25) is 4.98 Å². The van der Waals surface area contributed by atoms with Crippen LogP contribution in [-0.4, -0.2) is 26.6 Å². The van der Waals surface area contributed by atoms with Crippen LogP contribution in [0.15, 0.2) is 22.9 Å². The van der Waals surface area contributed by atoms with Gasteiger partial charge in [0.2, 0.25) is 0 Å². The zero-order chi connectivity index (χ0) is 9.84. The maximum atomic E-state index is 9.57. The van der Waals surface area contributed by atoms with Gasteiger partial charge in [0.15, 0.2) is 0 Å². The number of nitrogens with zero attached hydrogens (tertiary/aromatic N) is 1. The third-order valence-corrected chi connectivity index (χ3v) is 2.69. The molecule has 0 aromatic carbocycles. The van der Waals surface area contributed by atoms with E-state index in [1.54, 1.807) is 12.3 Å². The zero-order valence-corrected chi connectivity index (χ0v) is 9.86. The van der Waals surface area contributed by atoms with E-state index in [9.17, 15) is 10.2 Å². The minimum atomic E-state index is -0.899. The second-order valence-corrected chi connectivity index (χ2v) is 4.17. The minimum Gasteiger partial charge on any atom is -0.389 e. The number of aliphatic hydroxyl groups is 2. The molecule has 0 aliphatic rings. The minimum absolute atomic E-state index is 0.334. The van der Waals surface area contributed by atoms with Gasteiger partial charge >= 0.3 is 0 Å². The van der Waals surface area contributed by atoms with Gasteiger partial charge in [0, 0.05) is 27.8 Å². The molecular weight excluding hydrogens is 302 g/mol. The number of alkyl halides is 1. The highest BCUT2D eigenvalue weighted by atomic mass is 79.9. The van der Waals surface area contributed by atoms with E-state index in [2.05, 4.69) is 36.8 Å². The van der Waals surface area contributed by atoms with Crippen LogP contribution in [0, 0.1) is 0 Å². The van der Waals surface area contributed by atoms with Crippen molar-refractivity contribution in [2.24, 2.45) is 0 Å². The Kier molecular flexibility index (Phi) is 4.31. The van der Waals surface area contributed by atoms with E-state index in [4.69, 9.17) is 0 Å². The van der Waals surface area contributed by atoms with Crippen LogP contribution in [0.4, 0.5) is 0 Å². The van der Waals surface area contributed by atoms with Crippen molar-refractivity contribution in [3.05, 3.63) is 28.5 Å². The molecule has 2 atom stereocenters. The SMILES string of the molecule is OC(CBr)C(O)c1cncc(Br)c1. The molecular formula is C8H9Br2NO2. The molecule has 0 fully saturated rings. The Morgan fingerprint density at radius 1 is 1.38 bits per heavy atom. The summed E-state index contributed by atoms with van der Waals surface area (Å²) in [4.78, 5) is 3.89. The van der Waals surface area contributed by atoms with Crippen molar-refractivity contribution >= 4 is 31.9 Å². The largest absolute Gasteiger partial charge is 0.389 e. The molecule has 0 spiro atoms. The molecule has 1 aromatic rings. The molecule has 0 amide bonds. The second-order valence-electron chi connectivity index (χ2n) is 2.60. The molecule has 0 saturated carbocycles. The van der Waals surface area contributed by atoms with Crippen LogP contribution >= 0.6 is 31.9 Å². The highest BCUT2D eigenvalue weighted by molar-refractivity contribution is 9.10. The Morgan fingerprint density at radius 2 is 2.08 bits per heavy atom. The van der Waals surface area contributed by atoms with Crippen LogP contribution in [0.25, 0.3) is 0 Å². The maximum absolute atomic E-state index is 9.57. The summed E-state index contributed by atoms with van der Waals surface area (Å²) in [7, 11) is 0. The Balaban J connectivity index is 2.82. The second kappa shape index (κ2) is 5.05. The Morgan fingerprint density at radius 3 is 2.62 bits per heavy atom. The summed E-state index contributed by atoms with van der Waals surface area (Å²) in [5.74, 6) is 0. The van der Waals surface area contributed by atoms with Crippen LogP contribution in [0.5, 0.6) is 0 Å². The van der Waals surface area contributed by atoms with Gasteiger partial charge in [-0.15, -0.1) is 0 Å². The first-order valence-corrected chi connectivity index (χ1v) is 5.59. The summed E-state index contributed by atoms with van der Waals surface area (Å²) in [6.45, 7) is 0. The van der Waals surface area contributed by atoms with E-state index in [0.29, 0.717) is 10.9 Å². The van der Waals surface area contributed by atoms with E-state index < -0.39 is 12.2 Å². The van der Waals surface area contributed by atoms with Gasteiger partial charge in [-0.05, 0) is 22.0 Å². The van der Waals surface area contributed by atoms with Gasteiger partial charge in [-0.1, -0.05) is 15.9 Å². The fraction of sp³-hybridized carbons (Fsp3) is 0.375. The first-order valence-electron chi connectivity index (χ1n) is 3.67. The van der Waals surface area contributed by atoms with Gasteiger partial charge in [0.25, 0.3) is 0 Å².